The first-order chi connectivity index (χ1) is 11.5. The molecular formula is C18H26ClN3O2. The Labute approximate surface area is 148 Å². The van der Waals surface area contributed by atoms with Gasteiger partial charge in [0.25, 0.3) is 0 Å². The SMILES string of the molecule is C[C@H](N[C@H](C)c1ccccc1Cl)C(=O)NC(=O)NC1CCCCC1. The minimum absolute atomic E-state index is 0.0964. The van der Waals surface area contributed by atoms with Crippen molar-refractivity contribution >= 4 is 23.5 Å². The molecule has 1 saturated carbocycles. The first-order valence-corrected chi connectivity index (χ1v) is 8.97. The van der Waals surface area contributed by atoms with Gasteiger partial charge < -0.3 is 5.32 Å². The molecule has 1 fully saturated rings. The quantitative estimate of drug-likeness (QED) is 0.760. The van der Waals surface area contributed by atoms with E-state index in [4.69, 9.17) is 11.6 Å². The predicted octanol–water partition coefficient (Wildman–Crippen LogP) is 3.54. The van der Waals surface area contributed by atoms with Crippen molar-refractivity contribution in [3.05, 3.63) is 34.9 Å². The number of hydrogen-bond acceptors (Lipinski definition) is 3. The maximum absolute atomic E-state index is 12.2. The molecule has 5 nitrogen and oxygen atoms in total. The number of halogens is 1. The van der Waals surface area contributed by atoms with E-state index in [2.05, 4.69) is 16.0 Å². The van der Waals surface area contributed by atoms with Gasteiger partial charge in [-0.15, -0.1) is 0 Å². The van der Waals surface area contributed by atoms with Crippen LogP contribution in [0.4, 0.5) is 4.79 Å². The standard InChI is InChI=1S/C18H26ClN3O2/c1-12(15-10-6-7-11-16(15)19)20-13(2)17(23)22-18(24)21-14-8-4-3-5-9-14/h6-7,10-14,20H,3-5,8-9H2,1-2H3,(H2,21,22,23,24)/t12-,13+/m1/s1. The second kappa shape index (κ2) is 9.04. The average Bonchev–Trinajstić information content (AvgIpc) is 2.55. The number of urea groups is 1. The maximum atomic E-state index is 12.2. The maximum Gasteiger partial charge on any atom is 0.321 e. The summed E-state index contributed by atoms with van der Waals surface area (Å²) < 4.78 is 0. The fraction of sp³-hybridized carbons (Fsp3) is 0.556. The van der Waals surface area contributed by atoms with Gasteiger partial charge in [-0.05, 0) is 38.3 Å². The van der Waals surface area contributed by atoms with Crippen LogP contribution in [0.2, 0.25) is 5.02 Å². The van der Waals surface area contributed by atoms with Gasteiger partial charge in [-0.25, -0.2) is 4.79 Å². The molecule has 24 heavy (non-hydrogen) atoms. The van der Waals surface area contributed by atoms with Gasteiger partial charge in [0.05, 0.1) is 6.04 Å². The molecule has 1 aromatic carbocycles. The lowest BCUT2D eigenvalue weighted by atomic mass is 9.96. The highest BCUT2D eigenvalue weighted by atomic mass is 35.5. The normalized spacial score (nSPS) is 17.8. The van der Waals surface area contributed by atoms with Crippen LogP contribution >= 0.6 is 11.6 Å². The molecule has 1 aliphatic rings. The molecule has 3 amide bonds. The van der Waals surface area contributed by atoms with Crippen LogP contribution in [-0.2, 0) is 4.79 Å². The van der Waals surface area contributed by atoms with Crippen molar-refractivity contribution in [3.63, 3.8) is 0 Å². The highest BCUT2D eigenvalue weighted by molar-refractivity contribution is 6.31. The Morgan fingerprint density at radius 3 is 2.46 bits per heavy atom. The minimum atomic E-state index is -0.506. The van der Waals surface area contributed by atoms with Gasteiger partial charge in [-0.1, -0.05) is 49.1 Å². The lowest BCUT2D eigenvalue weighted by Crippen LogP contribution is -2.50. The van der Waals surface area contributed by atoms with E-state index in [0.717, 1.165) is 31.2 Å². The lowest BCUT2D eigenvalue weighted by Gasteiger charge is -2.24. The van der Waals surface area contributed by atoms with Gasteiger partial charge in [0, 0.05) is 17.1 Å². The van der Waals surface area contributed by atoms with E-state index in [0.29, 0.717) is 5.02 Å². The number of carbonyl (C=O) groups is 2. The fourth-order valence-electron chi connectivity index (χ4n) is 3.06. The molecule has 3 N–H and O–H groups in total. The molecule has 6 heteroatoms. The van der Waals surface area contributed by atoms with E-state index in [1.54, 1.807) is 6.92 Å². The van der Waals surface area contributed by atoms with Crippen LogP contribution in [0.3, 0.4) is 0 Å². The number of imide groups is 1. The summed E-state index contributed by atoms with van der Waals surface area (Å²) in [5, 5.41) is 9.12. The lowest BCUT2D eigenvalue weighted by molar-refractivity contribution is -0.121. The van der Waals surface area contributed by atoms with Crippen molar-refractivity contribution in [2.75, 3.05) is 0 Å². The molecule has 2 atom stereocenters. The van der Waals surface area contributed by atoms with Crippen molar-refractivity contribution in [3.8, 4) is 0 Å². The van der Waals surface area contributed by atoms with Gasteiger partial charge in [0.15, 0.2) is 0 Å². The Morgan fingerprint density at radius 2 is 1.79 bits per heavy atom. The largest absolute Gasteiger partial charge is 0.335 e. The first kappa shape index (κ1) is 18.7. The molecule has 1 aromatic rings. The van der Waals surface area contributed by atoms with E-state index >= 15 is 0 Å². The molecule has 2 rings (SSSR count). The van der Waals surface area contributed by atoms with Crippen LogP contribution < -0.4 is 16.0 Å². The summed E-state index contributed by atoms with van der Waals surface area (Å²) in [7, 11) is 0. The number of hydrogen-bond donors (Lipinski definition) is 3. The van der Waals surface area contributed by atoms with Crippen LogP contribution in [0.15, 0.2) is 24.3 Å². The van der Waals surface area contributed by atoms with Crippen molar-refractivity contribution in [1.29, 1.82) is 0 Å². The smallest absolute Gasteiger partial charge is 0.321 e. The Balaban J connectivity index is 1.81. The molecule has 0 radical (unpaired) electrons. The second-order valence-electron chi connectivity index (χ2n) is 6.43. The third-order valence-corrected chi connectivity index (χ3v) is 4.79. The van der Waals surface area contributed by atoms with E-state index in [-0.39, 0.29) is 18.0 Å². The summed E-state index contributed by atoms with van der Waals surface area (Å²) in [6.45, 7) is 3.67. The van der Waals surface area contributed by atoms with Crippen molar-refractivity contribution in [2.24, 2.45) is 0 Å². The van der Waals surface area contributed by atoms with Crippen LogP contribution in [0.1, 0.15) is 57.6 Å². The number of benzene rings is 1. The van der Waals surface area contributed by atoms with Crippen LogP contribution in [0.5, 0.6) is 0 Å². The zero-order chi connectivity index (χ0) is 17.5. The molecular weight excluding hydrogens is 326 g/mol. The van der Waals surface area contributed by atoms with Gasteiger partial charge in [-0.3, -0.25) is 15.4 Å². The summed E-state index contributed by atoms with van der Waals surface area (Å²) in [5.41, 5.74) is 0.922. The molecule has 132 valence electrons. The Bertz CT molecular complexity index is 573. The Kier molecular flexibility index (Phi) is 7.06. The van der Waals surface area contributed by atoms with Crippen molar-refractivity contribution < 1.29 is 9.59 Å². The topological polar surface area (TPSA) is 70.2 Å². The fourth-order valence-corrected chi connectivity index (χ4v) is 3.35. The van der Waals surface area contributed by atoms with Gasteiger partial charge in [-0.2, -0.15) is 0 Å². The molecule has 0 saturated heterocycles. The van der Waals surface area contributed by atoms with E-state index in [1.165, 1.54) is 6.42 Å². The van der Waals surface area contributed by atoms with Crippen LogP contribution in [0, 0.1) is 0 Å². The van der Waals surface area contributed by atoms with Gasteiger partial charge >= 0.3 is 6.03 Å². The highest BCUT2D eigenvalue weighted by Gasteiger charge is 2.21. The highest BCUT2D eigenvalue weighted by Crippen LogP contribution is 2.22. The Hall–Kier alpha value is -1.59. The molecule has 0 heterocycles. The number of carbonyl (C=O) groups excluding carboxylic acids is 2. The molecule has 0 spiro atoms. The minimum Gasteiger partial charge on any atom is -0.335 e. The number of rotatable bonds is 5. The van der Waals surface area contributed by atoms with Crippen LogP contribution in [-0.4, -0.2) is 24.0 Å². The van der Waals surface area contributed by atoms with Crippen molar-refractivity contribution in [1.82, 2.24) is 16.0 Å². The van der Waals surface area contributed by atoms with Crippen molar-refractivity contribution in [2.45, 2.75) is 64.1 Å². The summed E-state index contributed by atoms with van der Waals surface area (Å²) in [5.74, 6) is -0.345. The van der Waals surface area contributed by atoms with Gasteiger partial charge in [0.1, 0.15) is 0 Å². The zero-order valence-electron chi connectivity index (χ0n) is 14.3. The number of nitrogens with one attached hydrogen (secondary N) is 3. The van der Waals surface area contributed by atoms with Gasteiger partial charge in [0.2, 0.25) is 5.91 Å². The third kappa shape index (κ3) is 5.49. The molecule has 0 unspecified atom stereocenters. The Morgan fingerprint density at radius 1 is 1.12 bits per heavy atom. The average molecular weight is 352 g/mol. The first-order valence-electron chi connectivity index (χ1n) is 8.59. The number of amides is 3. The van der Waals surface area contributed by atoms with E-state index < -0.39 is 12.1 Å². The molecule has 0 aromatic heterocycles. The molecule has 0 bridgehead atoms. The van der Waals surface area contributed by atoms with E-state index in [9.17, 15) is 9.59 Å². The summed E-state index contributed by atoms with van der Waals surface area (Å²) in [6, 6.07) is 6.67. The van der Waals surface area contributed by atoms with E-state index in [1.807, 2.05) is 31.2 Å². The summed E-state index contributed by atoms with van der Waals surface area (Å²) in [4.78, 5) is 24.1. The monoisotopic (exact) mass is 351 g/mol. The molecule has 0 aliphatic heterocycles. The third-order valence-electron chi connectivity index (χ3n) is 4.44. The zero-order valence-corrected chi connectivity index (χ0v) is 15.0. The van der Waals surface area contributed by atoms with Crippen LogP contribution in [0.25, 0.3) is 0 Å². The second-order valence-corrected chi connectivity index (χ2v) is 6.84. The summed E-state index contributed by atoms with van der Waals surface area (Å²) >= 11 is 6.17. The molecule has 1 aliphatic carbocycles. The predicted molar refractivity (Wildman–Crippen MR) is 96.0 cm³/mol. The summed E-state index contributed by atoms with van der Waals surface area (Å²) in [6.07, 6.45) is 5.45.